The van der Waals surface area contributed by atoms with Crippen LogP contribution in [-0.4, -0.2) is 58.1 Å². The van der Waals surface area contributed by atoms with E-state index < -0.39 is 0 Å². The van der Waals surface area contributed by atoms with Crippen LogP contribution in [-0.2, 0) is 7.05 Å². The van der Waals surface area contributed by atoms with Gasteiger partial charge >= 0.3 is 0 Å². The molecule has 2 N–H and O–H groups in total. The molecule has 3 rings (SSSR count). The lowest BCUT2D eigenvalue weighted by Gasteiger charge is -2.41. The standard InChI is InChI=1S/C16H28BrN5/c1-12-19-15(16(17)20(12)2)14(11-18)22-9-7-21(8-10-22)13-5-3-4-6-13/h13-14H,3-11,18H2,1-2H3. The predicted molar refractivity (Wildman–Crippen MR) is 92.8 cm³/mol. The quantitative estimate of drug-likeness (QED) is 0.882. The summed E-state index contributed by atoms with van der Waals surface area (Å²) in [7, 11) is 2.04. The van der Waals surface area contributed by atoms with Crippen LogP contribution in [0.4, 0.5) is 0 Å². The molecule has 22 heavy (non-hydrogen) atoms. The van der Waals surface area contributed by atoms with Gasteiger partial charge in [0.2, 0.25) is 0 Å². The summed E-state index contributed by atoms with van der Waals surface area (Å²) in [6, 6.07) is 1.06. The first kappa shape index (κ1) is 16.4. The number of hydrogen-bond donors (Lipinski definition) is 1. The molecule has 1 saturated carbocycles. The molecule has 2 fully saturated rings. The second kappa shape index (κ2) is 6.99. The summed E-state index contributed by atoms with van der Waals surface area (Å²) in [5.41, 5.74) is 7.19. The van der Waals surface area contributed by atoms with E-state index >= 15 is 0 Å². The summed E-state index contributed by atoms with van der Waals surface area (Å²) in [5.74, 6) is 1.03. The molecular weight excluding hydrogens is 342 g/mol. The van der Waals surface area contributed by atoms with E-state index in [4.69, 9.17) is 10.7 Å². The Hall–Kier alpha value is -0.430. The Bertz CT molecular complexity index is 501. The van der Waals surface area contributed by atoms with Crippen LogP contribution in [0.1, 0.15) is 43.2 Å². The zero-order valence-corrected chi connectivity index (χ0v) is 15.3. The van der Waals surface area contributed by atoms with E-state index in [-0.39, 0.29) is 6.04 Å². The van der Waals surface area contributed by atoms with Crippen LogP contribution < -0.4 is 5.73 Å². The molecule has 5 nitrogen and oxygen atoms in total. The molecule has 1 aromatic heterocycles. The van der Waals surface area contributed by atoms with Crippen molar-refractivity contribution in [3.8, 4) is 0 Å². The van der Waals surface area contributed by atoms with Gasteiger partial charge in [0.25, 0.3) is 0 Å². The lowest BCUT2D eigenvalue weighted by molar-refractivity contribution is 0.0709. The topological polar surface area (TPSA) is 50.3 Å². The number of piperazine rings is 1. The van der Waals surface area contributed by atoms with Crippen molar-refractivity contribution in [2.45, 2.75) is 44.7 Å². The van der Waals surface area contributed by atoms with Crippen LogP contribution in [0.25, 0.3) is 0 Å². The number of aromatic nitrogens is 2. The van der Waals surface area contributed by atoms with Crippen molar-refractivity contribution in [2.24, 2.45) is 12.8 Å². The molecular formula is C16H28BrN5. The fraction of sp³-hybridized carbons (Fsp3) is 0.812. The second-order valence-electron chi connectivity index (χ2n) is 6.66. The number of nitrogens with zero attached hydrogens (tertiary/aromatic N) is 4. The molecule has 0 radical (unpaired) electrons. The maximum Gasteiger partial charge on any atom is 0.109 e. The van der Waals surface area contributed by atoms with Crippen molar-refractivity contribution < 1.29 is 0 Å². The van der Waals surface area contributed by atoms with E-state index in [1.165, 1.54) is 38.8 Å². The van der Waals surface area contributed by atoms with Gasteiger partial charge in [-0.1, -0.05) is 12.8 Å². The molecule has 0 bridgehead atoms. The molecule has 1 aromatic rings. The predicted octanol–water partition coefficient (Wildman–Crippen LogP) is 2.05. The van der Waals surface area contributed by atoms with E-state index in [9.17, 15) is 0 Å². The molecule has 1 aliphatic carbocycles. The minimum atomic E-state index is 0.222. The molecule has 0 aromatic carbocycles. The minimum Gasteiger partial charge on any atom is -0.329 e. The van der Waals surface area contributed by atoms with Crippen molar-refractivity contribution in [2.75, 3.05) is 32.7 Å². The first-order valence-electron chi connectivity index (χ1n) is 8.48. The number of halogens is 1. The SMILES string of the molecule is Cc1nc(C(CN)N2CCN(C3CCCC3)CC2)c(Br)n1C. The van der Waals surface area contributed by atoms with E-state index in [1.54, 1.807) is 0 Å². The molecule has 1 atom stereocenters. The zero-order chi connectivity index (χ0) is 15.7. The molecule has 2 aliphatic rings. The largest absolute Gasteiger partial charge is 0.329 e. The van der Waals surface area contributed by atoms with Crippen LogP contribution in [0.15, 0.2) is 4.60 Å². The lowest BCUT2D eigenvalue weighted by Crippen LogP contribution is -2.51. The van der Waals surface area contributed by atoms with Gasteiger partial charge in [-0.05, 0) is 35.7 Å². The maximum atomic E-state index is 6.10. The molecule has 6 heteroatoms. The number of nitrogens with two attached hydrogens (primary N) is 1. The van der Waals surface area contributed by atoms with E-state index in [0.717, 1.165) is 35.3 Å². The van der Waals surface area contributed by atoms with Crippen molar-refractivity contribution >= 4 is 15.9 Å². The average molecular weight is 370 g/mol. The monoisotopic (exact) mass is 369 g/mol. The van der Waals surface area contributed by atoms with E-state index in [1.807, 2.05) is 14.0 Å². The normalized spacial score (nSPS) is 23.3. The van der Waals surface area contributed by atoms with Crippen LogP contribution in [0.2, 0.25) is 0 Å². The van der Waals surface area contributed by atoms with Gasteiger partial charge in [-0.25, -0.2) is 4.98 Å². The first-order chi connectivity index (χ1) is 10.6. The first-order valence-corrected chi connectivity index (χ1v) is 9.28. The van der Waals surface area contributed by atoms with Gasteiger partial charge in [0.15, 0.2) is 0 Å². The third-order valence-corrected chi connectivity index (χ3v) is 6.38. The summed E-state index contributed by atoms with van der Waals surface area (Å²) < 4.78 is 3.16. The Morgan fingerprint density at radius 2 is 1.86 bits per heavy atom. The highest BCUT2D eigenvalue weighted by atomic mass is 79.9. The van der Waals surface area contributed by atoms with Crippen molar-refractivity contribution in [1.82, 2.24) is 19.4 Å². The number of hydrogen-bond acceptors (Lipinski definition) is 4. The van der Waals surface area contributed by atoms with Crippen LogP contribution >= 0.6 is 15.9 Å². The fourth-order valence-corrected chi connectivity index (χ4v) is 4.55. The zero-order valence-electron chi connectivity index (χ0n) is 13.8. The van der Waals surface area contributed by atoms with E-state index in [2.05, 4.69) is 30.3 Å². The average Bonchev–Trinajstić information content (AvgIpc) is 3.15. The summed E-state index contributed by atoms with van der Waals surface area (Å²) in [4.78, 5) is 9.94. The van der Waals surface area contributed by atoms with Gasteiger partial charge in [0.1, 0.15) is 10.4 Å². The Labute approximate surface area is 142 Å². The van der Waals surface area contributed by atoms with Gasteiger partial charge < -0.3 is 10.3 Å². The van der Waals surface area contributed by atoms with Gasteiger partial charge in [0, 0.05) is 45.8 Å². The van der Waals surface area contributed by atoms with Gasteiger partial charge in [-0.2, -0.15) is 0 Å². The number of rotatable bonds is 4. The Morgan fingerprint density at radius 1 is 1.23 bits per heavy atom. The molecule has 0 spiro atoms. The van der Waals surface area contributed by atoms with Crippen LogP contribution in [0, 0.1) is 6.92 Å². The highest BCUT2D eigenvalue weighted by Gasteiger charge is 2.31. The van der Waals surface area contributed by atoms with Gasteiger partial charge in [-0.3, -0.25) is 9.80 Å². The van der Waals surface area contributed by atoms with Gasteiger partial charge in [-0.15, -0.1) is 0 Å². The lowest BCUT2D eigenvalue weighted by atomic mass is 10.1. The van der Waals surface area contributed by atoms with Crippen LogP contribution in [0.5, 0.6) is 0 Å². The molecule has 0 amide bonds. The summed E-state index contributed by atoms with van der Waals surface area (Å²) in [6.07, 6.45) is 5.61. The maximum absolute atomic E-state index is 6.10. The fourth-order valence-electron chi connectivity index (χ4n) is 3.94. The highest BCUT2D eigenvalue weighted by Crippen LogP contribution is 2.30. The van der Waals surface area contributed by atoms with E-state index in [0.29, 0.717) is 6.54 Å². The van der Waals surface area contributed by atoms with Gasteiger partial charge in [0.05, 0.1) is 11.7 Å². The Kier molecular flexibility index (Phi) is 5.22. The molecule has 1 saturated heterocycles. The molecule has 1 unspecified atom stereocenters. The Balaban J connectivity index is 1.66. The molecule has 2 heterocycles. The summed E-state index contributed by atoms with van der Waals surface area (Å²) in [6.45, 7) is 7.20. The van der Waals surface area contributed by atoms with Crippen molar-refractivity contribution in [3.63, 3.8) is 0 Å². The Morgan fingerprint density at radius 3 is 2.36 bits per heavy atom. The molecule has 1 aliphatic heterocycles. The van der Waals surface area contributed by atoms with Crippen molar-refractivity contribution in [3.05, 3.63) is 16.1 Å². The summed E-state index contributed by atoms with van der Waals surface area (Å²) in [5, 5.41) is 0. The number of imidazole rings is 1. The van der Waals surface area contributed by atoms with Crippen LogP contribution in [0.3, 0.4) is 0 Å². The highest BCUT2D eigenvalue weighted by molar-refractivity contribution is 9.10. The smallest absolute Gasteiger partial charge is 0.109 e. The summed E-state index contributed by atoms with van der Waals surface area (Å²) >= 11 is 3.68. The third kappa shape index (κ3) is 3.11. The minimum absolute atomic E-state index is 0.222. The molecule has 124 valence electrons. The third-order valence-electron chi connectivity index (χ3n) is 5.44. The second-order valence-corrected chi connectivity index (χ2v) is 7.41. The number of aryl methyl sites for hydroxylation is 1. The van der Waals surface area contributed by atoms with Crippen molar-refractivity contribution in [1.29, 1.82) is 0 Å².